The predicted octanol–water partition coefficient (Wildman–Crippen LogP) is 4.39. The number of aliphatic hydroxyl groups is 1. The van der Waals surface area contributed by atoms with Crippen LogP contribution in [0.4, 0.5) is 0 Å². The number of allylic oxidation sites excluding steroid dienone is 1. The van der Waals surface area contributed by atoms with Gasteiger partial charge in [0.05, 0.1) is 13.2 Å². The number of hydrogen-bond acceptors (Lipinski definition) is 3. The molecule has 1 N–H and O–H groups in total. The van der Waals surface area contributed by atoms with Crippen LogP contribution in [-0.4, -0.2) is 24.3 Å². The Labute approximate surface area is 136 Å². The fourth-order valence-electron chi connectivity index (χ4n) is 2.11. The van der Waals surface area contributed by atoms with E-state index in [4.69, 9.17) is 0 Å². The van der Waals surface area contributed by atoms with Gasteiger partial charge in [-0.05, 0) is 31.4 Å². The van der Waals surface area contributed by atoms with Gasteiger partial charge in [-0.15, -0.1) is 0 Å². The number of hydrogen-bond donors (Lipinski definition) is 1. The summed E-state index contributed by atoms with van der Waals surface area (Å²) in [6, 6.07) is 0. The van der Waals surface area contributed by atoms with Crippen LogP contribution in [0.2, 0.25) is 0 Å². The summed E-state index contributed by atoms with van der Waals surface area (Å²) in [5.74, 6) is 5.94. The maximum atomic E-state index is 10.9. The van der Waals surface area contributed by atoms with Gasteiger partial charge in [-0.2, -0.15) is 0 Å². The van der Waals surface area contributed by atoms with Crippen LogP contribution in [-0.2, 0) is 9.53 Å². The number of unbranched alkanes of at least 4 members (excludes halogenated alkanes) is 7. The molecule has 0 aromatic rings. The molecule has 0 aromatic heterocycles. The molecule has 0 saturated heterocycles. The SMILES string of the molecule is CCCCCC#C/C=C/[C@@H](O)CCCCCCCC(=O)OC. The molecule has 0 unspecified atom stereocenters. The Morgan fingerprint density at radius 1 is 1.14 bits per heavy atom. The first-order valence-corrected chi connectivity index (χ1v) is 8.60. The van der Waals surface area contributed by atoms with Gasteiger partial charge in [0.2, 0.25) is 0 Å². The lowest BCUT2D eigenvalue weighted by molar-refractivity contribution is -0.140. The van der Waals surface area contributed by atoms with Gasteiger partial charge >= 0.3 is 5.97 Å². The van der Waals surface area contributed by atoms with Gasteiger partial charge in [-0.3, -0.25) is 4.79 Å². The van der Waals surface area contributed by atoms with Crippen LogP contribution < -0.4 is 0 Å². The Kier molecular flexibility index (Phi) is 15.2. The molecule has 1 atom stereocenters. The second-order valence-corrected chi connectivity index (χ2v) is 5.59. The highest BCUT2D eigenvalue weighted by atomic mass is 16.5. The van der Waals surface area contributed by atoms with E-state index in [1.165, 1.54) is 20.0 Å². The third kappa shape index (κ3) is 15.1. The zero-order valence-electron chi connectivity index (χ0n) is 14.3. The van der Waals surface area contributed by atoms with E-state index in [9.17, 15) is 9.90 Å². The molecule has 0 aliphatic carbocycles. The number of carbonyl (C=O) groups excluding carboxylic acids is 1. The minimum atomic E-state index is -0.389. The zero-order valence-corrected chi connectivity index (χ0v) is 14.3. The minimum absolute atomic E-state index is 0.128. The fourth-order valence-corrected chi connectivity index (χ4v) is 2.11. The summed E-state index contributed by atoms with van der Waals surface area (Å²) < 4.78 is 4.59. The van der Waals surface area contributed by atoms with Crippen molar-refractivity contribution in [1.29, 1.82) is 0 Å². The van der Waals surface area contributed by atoms with Crippen LogP contribution in [0, 0.1) is 11.8 Å². The molecule has 0 bridgehead atoms. The number of esters is 1. The van der Waals surface area contributed by atoms with E-state index in [-0.39, 0.29) is 12.1 Å². The Morgan fingerprint density at radius 2 is 1.86 bits per heavy atom. The molecular formula is C19H32O3. The quantitative estimate of drug-likeness (QED) is 0.330. The monoisotopic (exact) mass is 308 g/mol. The van der Waals surface area contributed by atoms with Gasteiger partial charge in [0.1, 0.15) is 0 Å². The van der Waals surface area contributed by atoms with Crippen LogP contribution in [0.3, 0.4) is 0 Å². The van der Waals surface area contributed by atoms with Crippen molar-refractivity contribution >= 4 is 5.97 Å². The van der Waals surface area contributed by atoms with Gasteiger partial charge in [-0.1, -0.05) is 57.3 Å². The molecule has 0 spiro atoms. The molecule has 0 aliphatic rings. The molecule has 0 heterocycles. The van der Waals surface area contributed by atoms with Gasteiger partial charge in [0.25, 0.3) is 0 Å². The maximum absolute atomic E-state index is 10.9. The van der Waals surface area contributed by atoms with Gasteiger partial charge in [0, 0.05) is 12.8 Å². The number of aliphatic hydroxyl groups excluding tert-OH is 1. The number of methoxy groups -OCH3 is 1. The smallest absolute Gasteiger partial charge is 0.305 e. The molecular weight excluding hydrogens is 276 g/mol. The highest BCUT2D eigenvalue weighted by Crippen LogP contribution is 2.09. The van der Waals surface area contributed by atoms with Gasteiger partial charge < -0.3 is 9.84 Å². The first kappa shape index (κ1) is 20.7. The average molecular weight is 308 g/mol. The van der Waals surface area contributed by atoms with Crippen molar-refractivity contribution in [3.8, 4) is 11.8 Å². The molecule has 0 rings (SSSR count). The summed E-state index contributed by atoms with van der Waals surface area (Å²) in [6.07, 6.45) is 14.2. The summed E-state index contributed by atoms with van der Waals surface area (Å²) in [5, 5.41) is 9.78. The molecule has 0 saturated carbocycles. The molecule has 0 aromatic carbocycles. The van der Waals surface area contributed by atoms with Crippen molar-refractivity contribution in [1.82, 2.24) is 0 Å². The summed E-state index contributed by atoms with van der Waals surface area (Å²) in [4.78, 5) is 10.9. The number of rotatable bonds is 12. The number of ether oxygens (including phenoxy) is 1. The lowest BCUT2D eigenvalue weighted by Gasteiger charge is -2.04. The van der Waals surface area contributed by atoms with Gasteiger partial charge in [-0.25, -0.2) is 0 Å². The Morgan fingerprint density at radius 3 is 2.59 bits per heavy atom. The van der Waals surface area contributed by atoms with Crippen molar-refractivity contribution in [3.63, 3.8) is 0 Å². The molecule has 0 aliphatic heterocycles. The number of carbonyl (C=O) groups is 1. The third-order valence-electron chi connectivity index (χ3n) is 3.52. The summed E-state index contributed by atoms with van der Waals surface area (Å²) in [7, 11) is 1.42. The Balaban J connectivity index is 3.45. The first-order chi connectivity index (χ1) is 10.7. The maximum Gasteiger partial charge on any atom is 0.305 e. The second-order valence-electron chi connectivity index (χ2n) is 5.59. The van der Waals surface area contributed by atoms with E-state index in [1.807, 2.05) is 0 Å². The van der Waals surface area contributed by atoms with Crippen molar-refractivity contribution < 1.29 is 14.6 Å². The molecule has 0 amide bonds. The minimum Gasteiger partial charge on any atom is -0.469 e. The zero-order chi connectivity index (χ0) is 16.5. The Bertz CT molecular complexity index is 349. The fraction of sp³-hybridized carbons (Fsp3) is 0.737. The molecule has 0 fully saturated rings. The van der Waals surface area contributed by atoms with Crippen LogP contribution in [0.15, 0.2) is 12.2 Å². The predicted molar refractivity (Wildman–Crippen MR) is 91.4 cm³/mol. The Hall–Kier alpha value is -1.27. The lowest BCUT2D eigenvalue weighted by atomic mass is 10.1. The molecule has 126 valence electrons. The van der Waals surface area contributed by atoms with Gasteiger partial charge in [0.15, 0.2) is 0 Å². The van der Waals surface area contributed by atoms with E-state index in [2.05, 4.69) is 23.5 Å². The first-order valence-electron chi connectivity index (χ1n) is 8.60. The highest BCUT2D eigenvalue weighted by molar-refractivity contribution is 5.68. The van der Waals surface area contributed by atoms with Crippen LogP contribution >= 0.6 is 0 Å². The summed E-state index contributed by atoms with van der Waals surface area (Å²) in [6.45, 7) is 2.18. The standard InChI is InChI=1S/C19H32O3/c1-3-4-5-6-7-9-12-15-18(20)16-13-10-8-11-14-17-19(21)22-2/h12,15,18,20H,3-6,8,10-11,13-14,16-17H2,1-2H3/b15-12+/t18-/m1/s1. The summed E-state index contributed by atoms with van der Waals surface area (Å²) >= 11 is 0. The van der Waals surface area contributed by atoms with Crippen molar-refractivity contribution in [2.75, 3.05) is 7.11 Å². The van der Waals surface area contributed by atoms with Crippen molar-refractivity contribution in [2.45, 2.75) is 83.7 Å². The van der Waals surface area contributed by atoms with E-state index in [1.54, 1.807) is 12.2 Å². The van der Waals surface area contributed by atoms with E-state index >= 15 is 0 Å². The summed E-state index contributed by atoms with van der Waals surface area (Å²) in [5.41, 5.74) is 0. The van der Waals surface area contributed by atoms with Crippen LogP contribution in [0.1, 0.15) is 77.6 Å². The van der Waals surface area contributed by atoms with Crippen molar-refractivity contribution in [3.05, 3.63) is 12.2 Å². The molecule has 22 heavy (non-hydrogen) atoms. The second kappa shape index (κ2) is 16.1. The topological polar surface area (TPSA) is 46.5 Å². The lowest BCUT2D eigenvalue weighted by Crippen LogP contribution is -2.01. The third-order valence-corrected chi connectivity index (χ3v) is 3.52. The molecule has 0 radical (unpaired) electrons. The van der Waals surface area contributed by atoms with E-state index in [0.717, 1.165) is 51.4 Å². The normalized spacial score (nSPS) is 12.0. The van der Waals surface area contributed by atoms with E-state index < -0.39 is 0 Å². The van der Waals surface area contributed by atoms with Crippen molar-refractivity contribution in [2.24, 2.45) is 0 Å². The largest absolute Gasteiger partial charge is 0.469 e. The highest BCUT2D eigenvalue weighted by Gasteiger charge is 2.00. The van der Waals surface area contributed by atoms with Crippen LogP contribution in [0.25, 0.3) is 0 Å². The van der Waals surface area contributed by atoms with Crippen LogP contribution in [0.5, 0.6) is 0 Å². The van der Waals surface area contributed by atoms with E-state index in [0.29, 0.717) is 6.42 Å². The average Bonchev–Trinajstić information content (AvgIpc) is 2.52. The molecule has 3 heteroatoms. The molecule has 3 nitrogen and oxygen atoms in total.